The van der Waals surface area contributed by atoms with E-state index in [2.05, 4.69) is 21.2 Å². The number of halogens is 1. The van der Waals surface area contributed by atoms with Crippen molar-refractivity contribution in [1.29, 1.82) is 0 Å². The maximum Gasteiger partial charge on any atom is 0.255 e. The summed E-state index contributed by atoms with van der Waals surface area (Å²) in [5, 5.41) is 4.84. The molecule has 0 saturated carbocycles. The fraction of sp³-hybridized carbons (Fsp3) is 0.0769. The van der Waals surface area contributed by atoms with E-state index in [-0.39, 0.29) is 18.4 Å². The molecule has 4 nitrogen and oxygen atoms in total. The number of nitrogens with one attached hydrogen (secondary N) is 1. The molecule has 0 spiro atoms. The minimum atomic E-state index is -0.404. The van der Waals surface area contributed by atoms with Crippen molar-refractivity contribution in [3.8, 4) is 0 Å². The van der Waals surface area contributed by atoms with Crippen LogP contribution in [0.5, 0.6) is 0 Å². The third-order valence-electron chi connectivity index (χ3n) is 5.60. The van der Waals surface area contributed by atoms with E-state index in [1.807, 2.05) is 91.0 Å². The predicted octanol–water partition coefficient (Wildman–Crippen LogP) is 5.79. The average molecular weight is 471 g/mol. The zero-order valence-electron chi connectivity index (χ0n) is 16.6. The summed E-state index contributed by atoms with van der Waals surface area (Å²) in [6.45, 7) is -0.0338. The van der Waals surface area contributed by atoms with Gasteiger partial charge in [0.2, 0.25) is 5.91 Å². The Morgan fingerprint density at radius 2 is 1.65 bits per heavy atom. The standard InChI is InChI=1S/C26H19BrN2O2/c27-19-13-14-23-22(15-19)25(18-8-2-1-3-9-18)29(16-24(30)28-23)26(31)21-12-6-10-17-7-4-5-11-20(17)21/h1-15,25H,16H2,(H,28,30)/t25-/m1/s1. The maximum atomic E-state index is 13.9. The molecule has 0 aromatic heterocycles. The lowest BCUT2D eigenvalue weighted by molar-refractivity contribution is -0.117. The maximum absolute atomic E-state index is 13.9. The van der Waals surface area contributed by atoms with E-state index >= 15 is 0 Å². The minimum Gasteiger partial charge on any atom is -0.324 e. The van der Waals surface area contributed by atoms with Gasteiger partial charge >= 0.3 is 0 Å². The normalized spacial score (nSPS) is 15.8. The number of amides is 2. The van der Waals surface area contributed by atoms with E-state index < -0.39 is 6.04 Å². The van der Waals surface area contributed by atoms with Crippen molar-refractivity contribution < 1.29 is 9.59 Å². The van der Waals surface area contributed by atoms with E-state index in [0.717, 1.165) is 32.1 Å². The predicted molar refractivity (Wildman–Crippen MR) is 126 cm³/mol. The summed E-state index contributed by atoms with van der Waals surface area (Å²) in [4.78, 5) is 28.4. The molecule has 31 heavy (non-hydrogen) atoms. The first kappa shape index (κ1) is 19.5. The number of hydrogen-bond acceptors (Lipinski definition) is 2. The van der Waals surface area contributed by atoms with Crippen molar-refractivity contribution >= 4 is 44.2 Å². The molecule has 1 aliphatic heterocycles. The number of hydrogen-bond donors (Lipinski definition) is 1. The highest BCUT2D eigenvalue weighted by Gasteiger charge is 2.34. The Kier molecular flexibility index (Phi) is 5.04. The third kappa shape index (κ3) is 3.62. The first-order valence-electron chi connectivity index (χ1n) is 10.0. The van der Waals surface area contributed by atoms with Crippen molar-refractivity contribution in [2.75, 3.05) is 11.9 Å². The van der Waals surface area contributed by atoms with Crippen LogP contribution < -0.4 is 5.32 Å². The Bertz CT molecular complexity index is 1300. The second-order valence-electron chi connectivity index (χ2n) is 7.55. The first-order chi connectivity index (χ1) is 15.1. The zero-order chi connectivity index (χ0) is 21.4. The number of rotatable bonds is 2. The van der Waals surface area contributed by atoms with Crippen LogP contribution in [0.1, 0.15) is 27.5 Å². The van der Waals surface area contributed by atoms with Crippen LogP contribution in [0.2, 0.25) is 0 Å². The monoisotopic (exact) mass is 470 g/mol. The van der Waals surface area contributed by atoms with Gasteiger partial charge in [-0.3, -0.25) is 9.59 Å². The Morgan fingerprint density at radius 1 is 0.903 bits per heavy atom. The molecule has 2 amide bonds. The molecule has 0 unspecified atom stereocenters. The fourth-order valence-corrected chi connectivity index (χ4v) is 4.61. The molecule has 5 rings (SSSR count). The van der Waals surface area contributed by atoms with E-state index in [4.69, 9.17) is 0 Å². The average Bonchev–Trinajstić information content (AvgIpc) is 2.94. The summed E-state index contributed by atoms with van der Waals surface area (Å²) >= 11 is 3.55. The van der Waals surface area contributed by atoms with Crippen LogP contribution in [0.15, 0.2) is 95.5 Å². The topological polar surface area (TPSA) is 49.4 Å². The molecular weight excluding hydrogens is 452 g/mol. The van der Waals surface area contributed by atoms with Gasteiger partial charge in [0, 0.05) is 21.3 Å². The summed E-state index contributed by atoms with van der Waals surface area (Å²) in [6.07, 6.45) is 0. The zero-order valence-corrected chi connectivity index (χ0v) is 18.2. The highest BCUT2D eigenvalue weighted by Crippen LogP contribution is 2.38. The minimum absolute atomic E-state index is 0.0338. The van der Waals surface area contributed by atoms with E-state index in [1.165, 1.54) is 0 Å². The summed E-state index contributed by atoms with van der Waals surface area (Å²) < 4.78 is 0.890. The van der Waals surface area contributed by atoms with Crippen LogP contribution in [0, 0.1) is 0 Å². The number of fused-ring (bicyclic) bond motifs is 2. The largest absolute Gasteiger partial charge is 0.324 e. The van der Waals surface area contributed by atoms with Crippen molar-refractivity contribution in [1.82, 2.24) is 4.90 Å². The van der Waals surface area contributed by atoms with Crippen LogP contribution in [0.25, 0.3) is 10.8 Å². The molecule has 0 aliphatic carbocycles. The third-order valence-corrected chi connectivity index (χ3v) is 6.10. The van der Waals surface area contributed by atoms with Gasteiger partial charge in [-0.25, -0.2) is 0 Å². The van der Waals surface area contributed by atoms with Gasteiger partial charge in [-0.05, 0) is 40.6 Å². The second-order valence-corrected chi connectivity index (χ2v) is 8.47. The molecule has 0 radical (unpaired) electrons. The summed E-state index contributed by atoms with van der Waals surface area (Å²) in [6, 6.07) is 28.7. The number of nitrogens with zero attached hydrogens (tertiary/aromatic N) is 1. The highest BCUT2D eigenvalue weighted by molar-refractivity contribution is 9.10. The molecule has 1 aliphatic rings. The SMILES string of the molecule is O=C1CN(C(=O)c2cccc3ccccc23)[C@H](c2ccccc2)c2cc(Br)ccc2N1. The van der Waals surface area contributed by atoms with Gasteiger partial charge in [-0.1, -0.05) is 82.7 Å². The van der Waals surface area contributed by atoms with Crippen LogP contribution in [-0.2, 0) is 4.79 Å². The van der Waals surface area contributed by atoms with E-state index in [0.29, 0.717) is 5.56 Å². The van der Waals surface area contributed by atoms with E-state index in [1.54, 1.807) is 4.90 Å². The Labute approximate surface area is 188 Å². The van der Waals surface area contributed by atoms with Gasteiger partial charge in [0.1, 0.15) is 6.54 Å². The highest BCUT2D eigenvalue weighted by atomic mass is 79.9. The lowest BCUT2D eigenvalue weighted by atomic mass is 9.94. The van der Waals surface area contributed by atoms with Crippen LogP contribution in [0.3, 0.4) is 0 Å². The molecule has 4 aromatic carbocycles. The molecule has 5 heteroatoms. The summed E-state index contributed by atoms with van der Waals surface area (Å²) in [5.74, 6) is -0.385. The molecule has 4 aromatic rings. The van der Waals surface area contributed by atoms with Crippen LogP contribution in [0.4, 0.5) is 5.69 Å². The molecule has 0 bridgehead atoms. The molecule has 0 saturated heterocycles. The Hall–Kier alpha value is -3.44. The quantitative estimate of drug-likeness (QED) is 0.403. The van der Waals surface area contributed by atoms with Crippen molar-refractivity contribution in [3.05, 3.63) is 112 Å². The molecular formula is C26H19BrN2O2. The van der Waals surface area contributed by atoms with E-state index in [9.17, 15) is 9.59 Å². The van der Waals surface area contributed by atoms with Gasteiger partial charge in [-0.2, -0.15) is 0 Å². The van der Waals surface area contributed by atoms with Gasteiger partial charge in [0.25, 0.3) is 5.91 Å². The fourth-order valence-electron chi connectivity index (χ4n) is 4.23. The van der Waals surface area contributed by atoms with Crippen molar-refractivity contribution in [3.63, 3.8) is 0 Å². The van der Waals surface area contributed by atoms with Gasteiger partial charge in [-0.15, -0.1) is 0 Å². The lowest BCUT2D eigenvalue weighted by Gasteiger charge is -2.31. The lowest BCUT2D eigenvalue weighted by Crippen LogP contribution is -2.39. The van der Waals surface area contributed by atoms with Gasteiger partial charge in [0.05, 0.1) is 6.04 Å². The van der Waals surface area contributed by atoms with Crippen LogP contribution in [-0.4, -0.2) is 23.3 Å². The van der Waals surface area contributed by atoms with Gasteiger partial charge in [0.15, 0.2) is 0 Å². The van der Waals surface area contributed by atoms with Crippen molar-refractivity contribution in [2.45, 2.75) is 6.04 Å². The Morgan fingerprint density at radius 3 is 2.48 bits per heavy atom. The number of benzene rings is 4. The summed E-state index contributed by atoms with van der Waals surface area (Å²) in [7, 11) is 0. The van der Waals surface area contributed by atoms with Crippen LogP contribution >= 0.6 is 15.9 Å². The molecule has 1 heterocycles. The van der Waals surface area contributed by atoms with Gasteiger partial charge < -0.3 is 10.2 Å². The molecule has 0 fully saturated rings. The molecule has 1 N–H and O–H groups in total. The number of carbonyl (C=O) groups is 2. The second kappa shape index (κ2) is 8.00. The van der Waals surface area contributed by atoms with Crippen molar-refractivity contribution in [2.24, 2.45) is 0 Å². The number of carbonyl (C=O) groups excluding carboxylic acids is 2. The Balaban J connectivity index is 1.71. The summed E-state index contributed by atoms with van der Waals surface area (Å²) in [5.41, 5.74) is 3.13. The smallest absolute Gasteiger partial charge is 0.255 e. The molecule has 152 valence electrons. The first-order valence-corrected chi connectivity index (χ1v) is 10.8. The molecule has 1 atom stereocenters. The number of anilines is 1.